The number of hydrogen-bond donors (Lipinski definition) is 0. The summed E-state index contributed by atoms with van der Waals surface area (Å²) in [7, 11) is 2.88. The van der Waals surface area contributed by atoms with Gasteiger partial charge in [-0.15, -0.1) is 0 Å². The van der Waals surface area contributed by atoms with E-state index in [2.05, 4.69) is 9.97 Å². The standard InChI is InChI=1S/C26H23F4N5O3/c1-14-10-16(26(28,29)30)12-20(31-14)35-22(36)11-15-13-34(19-8-5-9-21(32-19)38-3)24-17(27)6-4-7-18(24)33(2)25(37)23(15)35/h4-10,12,15,23H,11,13H2,1-3H3/t15-,23+/m1/s1. The second-order valence-corrected chi connectivity index (χ2v) is 9.18. The summed E-state index contributed by atoms with van der Waals surface area (Å²) < 4.78 is 61.2. The highest BCUT2D eigenvalue weighted by atomic mass is 19.4. The van der Waals surface area contributed by atoms with Crippen LogP contribution in [-0.2, 0) is 15.8 Å². The number of pyridine rings is 2. The molecule has 4 heterocycles. The van der Waals surface area contributed by atoms with Gasteiger partial charge in [0.15, 0.2) is 0 Å². The fourth-order valence-electron chi connectivity index (χ4n) is 5.05. The van der Waals surface area contributed by atoms with Crippen molar-refractivity contribution < 1.29 is 31.9 Å². The van der Waals surface area contributed by atoms with E-state index in [1.807, 2.05) is 0 Å². The van der Waals surface area contributed by atoms with Crippen LogP contribution >= 0.6 is 0 Å². The molecule has 0 bridgehead atoms. The maximum absolute atomic E-state index is 15.3. The van der Waals surface area contributed by atoms with Crippen LogP contribution in [0.25, 0.3) is 0 Å². The summed E-state index contributed by atoms with van der Waals surface area (Å²) in [4.78, 5) is 39.5. The molecule has 0 saturated carbocycles. The van der Waals surface area contributed by atoms with Gasteiger partial charge < -0.3 is 14.5 Å². The number of aromatic nitrogens is 2. The molecule has 0 aliphatic carbocycles. The number of likely N-dealkylation sites (N-methyl/N-ethyl adjacent to an activating group) is 1. The molecule has 1 saturated heterocycles. The molecule has 198 valence electrons. The van der Waals surface area contributed by atoms with E-state index in [0.29, 0.717) is 5.82 Å². The van der Waals surface area contributed by atoms with Crippen LogP contribution in [0.2, 0.25) is 0 Å². The Labute approximate surface area is 215 Å². The molecule has 0 spiro atoms. The van der Waals surface area contributed by atoms with Crippen molar-refractivity contribution in [1.29, 1.82) is 0 Å². The highest BCUT2D eigenvalue weighted by Crippen LogP contribution is 2.43. The minimum absolute atomic E-state index is 0.0153. The number of benzene rings is 1. The third-order valence-corrected chi connectivity index (χ3v) is 6.74. The minimum atomic E-state index is -4.67. The summed E-state index contributed by atoms with van der Waals surface area (Å²) in [5.74, 6) is -2.12. The van der Waals surface area contributed by atoms with Gasteiger partial charge in [0.1, 0.15) is 29.2 Å². The fourth-order valence-corrected chi connectivity index (χ4v) is 5.05. The number of aryl methyl sites for hydroxylation is 1. The van der Waals surface area contributed by atoms with Gasteiger partial charge in [-0.1, -0.05) is 12.1 Å². The average Bonchev–Trinajstić information content (AvgIpc) is 3.20. The molecule has 2 atom stereocenters. The molecule has 1 fully saturated rings. The van der Waals surface area contributed by atoms with Gasteiger partial charge >= 0.3 is 6.18 Å². The predicted molar refractivity (Wildman–Crippen MR) is 131 cm³/mol. The fraction of sp³-hybridized carbons (Fsp3) is 0.308. The molecule has 3 aromatic rings. The summed E-state index contributed by atoms with van der Waals surface area (Å²) in [6, 6.07) is 9.67. The number of methoxy groups -OCH3 is 1. The van der Waals surface area contributed by atoms with E-state index in [0.717, 1.165) is 17.0 Å². The highest BCUT2D eigenvalue weighted by Gasteiger charge is 2.50. The van der Waals surface area contributed by atoms with E-state index in [-0.39, 0.29) is 41.7 Å². The lowest BCUT2D eigenvalue weighted by Crippen LogP contribution is -2.52. The first-order valence-electron chi connectivity index (χ1n) is 11.7. The smallest absolute Gasteiger partial charge is 0.416 e. The highest BCUT2D eigenvalue weighted by molar-refractivity contribution is 6.10. The summed E-state index contributed by atoms with van der Waals surface area (Å²) in [6.45, 7) is 1.37. The number of nitrogens with zero attached hydrogens (tertiary/aromatic N) is 5. The molecule has 38 heavy (non-hydrogen) atoms. The van der Waals surface area contributed by atoms with Crippen LogP contribution in [0.5, 0.6) is 5.88 Å². The number of anilines is 4. The number of hydrogen-bond acceptors (Lipinski definition) is 6. The maximum Gasteiger partial charge on any atom is 0.416 e. The van der Waals surface area contributed by atoms with E-state index in [9.17, 15) is 22.8 Å². The summed E-state index contributed by atoms with van der Waals surface area (Å²) in [5, 5.41) is 0. The molecular weight excluding hydrogens is 506 g/mol. The quantitative estimate of drug-likeness (QED) is 0.466. The van der Waals surface area contributed by atoms with Gasteiger partial charge in [-0.3, -0.25) is 14.5 Å². The number of para-hydroxylation sites is 1. The SMILES string of the molecule is COc1cccc(N2C[C@H]3CC(=O)N(c4cc(C(F)(F)F)cc(C)n4)[C@@H]3C(=O)N(C)c3cccc(F)c32)n1. The topological polar surface area (TPSA) is 78.9 Å². The lowest BCUT2D eigenvalue weighted by atomic mass is 9.95. The Morgan fingerprint density at radius 1 is 1.03 bits per heavy atom. The summed E-state index contributed by atoms with van der Waals surface area (Å²) in [6.07, 6.45) is -4.83. The number of rotatable bonds is 3. The van der Waals surface area contributed by atoms with Crippen molar-refractivity contribution in [3.8, 4) is 5.88 Å². The lowest BCUT2D eigenvalue weighted by Gasteiger charge is -2.38. The lowest BCUT2D eigenvalue weighted by molar-refractivity contribution is -0.137. The van der Waals surface area contributed by atoms with Crippen LogP contribution < -0.4 is 19.4 Å². The van der Waals surface area contributed by atoms with E-state index in [1.165, 1.54) is 38.1 Å². The number of carbonyl (C=O) groups excluding carboxylic acids is 2. The Morgan fingerprint density at radius 2 is 1.76 bits per heavy atom. The van der Waals surface area contributed by atoms with Crippen molar-refractivity contribution in [1.82, 2.24) is 9.97 Å². The zero-order valence-corrected chi connectivity index (χ0v) is 20.7. The third kappa shape index (κ3) is 4.29. The van der Waals surface area contributed by atoms with Gasteiger partial charge in [0.2, 0.25) is 17.7 Å². The molecule has 5 rings (SSSR count). The second kappa shape index (κ2) is 9.26. The first-order chi connectivity index (χ1) is 18.0. The molecule has 0 unspecified atom stereocenters. The van der Waals surface area contributed by atoms with Gasteiger partial charge in [0.05, 0.1) is 18.4 Å². The summed E-state index contributed by atoms with van der Waals surface area (Å²) in [5.41, 5.74) is -0.628. The average molecular weight is 529 g/mol. The largest absolute Gasteiger partial charge is 0.481 e. The zero-order chi connectivity index (χ0) is 27.4. The number of amides is 2. The van der Waals surface area contributed by atoms with Gasteiger partial charge in [-0.2, -0.15) is 18.2 Å². The molecule has 8 nitrogen and oxygen atoms in total. The van der Waals surface area contributed by atoms with Gasteiger partial charge in [0.25, 0.3) is 0 Å². The normalized spacial score (nSPS) is 19.7. The third-order valence-electron chi connectivity index (χ3n) is 6.74. The molecule has 12 heteroatoms. The maximum atomic E-state index is 15.3. The number of fused-ring (bicyclic) bond motifs is 2. The Hall–Kier alpha value is -4.22. The molecule has 2 aliphatic rings. The Morgan fingerprint density at radius 3 is 2.47 bits per heavy atom. The van der Waals surface area contributed by atoms with Crippen molar-refractivity contribution in [2.45, 2.75) is 25.6 Å². The molecule has 2 aliphatic heterocycles. The number of ether oxygens (including phenoxy) is 1. The molecular formula is C26H23F4N5O3. The van der Waals surface area contributed by atoms with Crippen LogP contribution in [0, 0.1) is 18.7 Å². The molecule has 2 amide bonds. The monoisotopic (exact) mass is 529 g/mol. The van der Waals surface area contributed by atoms with Crippen LogP contribution in [0.15, 0.2) is 48.5 Å². The number of carbonyl (C=O) groups is 2. The van der Waals surface area contributed by atoms with Crippen molar-refractivity contribution in [3.05, 3.63) is 65.6 Å². The molecule has 0 radical (unpaired) electrons. The zero-order valence-electron chi connectivity index (χ0n) is 20.7. The Bertz CT molecular complexity index is 1430. The van der Waals surface area contributed by atoms with Crippen molar-refractivity contribution in [2.24, 2.45) is 5.92 Å². The van der Waals surface area contributed by atoms with Crippen molar-refractivity contribution in [2.75, 3.05) is 35.4 Å². The summed E-state index contributed by atoms with van der Waals surface area (Å²) >= 11 is 0. The van der Waals surface area contributed by atoms with Crippen LogP contribution in [0.3, 0.4) is 0 Å². The molecule has 0 N–H and O–H groups in total. The first-order valence-corrected chi connectivity index (χ1v) is 11.7. The molecule has 1 aromatic carbocycles. The number of alkyl halides is 3. The number of halogens is 4. The van der Waals surface area contributed by atoms with Gasteiger partial charge in [-0.05, 0) is 37.3 Å². The van der Waals surface area contributed by atoms with Crippen LogP contribution in [-0.4, -0.2) is 48.5 Å². The van der Waals surface area contributed by atoms with Gasteiger partial charge in [0, 0.05) is 37.7 Å². The van der Waals surface area contributed by atoms with Crippen molar-refractivity contribution >= 4 is 34.8 Å². The van der Waals surface area contributed by atoms with Gasteiger partial charge in [-0.25, -0.2) is 9.37 Å². The minimum Gasteiger partial charge on any atom is -0.481 e. The Balaban J connectivity index is 1.67. The van der Waals surface area contributed by atoms with Crippen molar-refractivity contribution in [3.63, 3.8) is 0 Å². The van der Waals surface area contributed by atoms with Crippen LogP contribution in [0.4, 0.5) is 40.6 Å². The molecule has 2 aromatic heterocycles. The van der Waals surface area contributed by atoms with E-state index in [4.69, 9.17) is 4.74 Å². The second-order valence-electron chi connectivity index (χ2n) is 9.18. The van der Waals surface area contributed by atoms with E-state index < -0.39 is 41.3 Å². The van der Waals surface area contributed by atoms with E-state index >= 15 is 4.39 Å². The predicted octanol–water partition coefficient (Wildman–Crippen LogP) is 4.49. The van der Waals surface area contributed by atoms with Crippen LogP contribution in [0.1, 0.15) is 17.7 Å². The van der Waals surface area contributed by atoms with E-state index in [1.54, 1.807) is 29.2 Å². The Kier molecular flexibility index (Phi) is 6.20. The first kappa shape index (κ1) is 25.4.